The summed E-state index contributed by atoms with van der Waals surface area (Å²) in [7, 11) is 0. The Kier molecular flexibility index (Phi) is 4.48. The van der Waals surface area contributed by atoms with Crippen LogP contribution in [0.5, 0.6) is 0 Å². The lowest BCUT2D eigenvalue weighted by molar-refractivity contribution is 0.0626. The van der Waals surface area contributed by atoms with Crippen LogP contribution in [0.2, 0.25) is 0 Å². The number of hydrogen-bond acceptors (Lipinski definition) is 3. The molecular weight excluding hydrogens is 236 g/mol. The highest BCUT2D eigenvalue weighted by Gasteiger charge is 2.28. The quantitative estimate of drug-likeness (QED) is 0.820. The molecule has 1 aliphatic heterocycles. The number of anilines is 1. The average Bonchev–Trinajstić information content (AvgIpc) is 2.42. The van der Waals surface area contributed by atoms with Crippen LogP contribution in [-0.2, 0) is 0 Å². The molecule has 3 nitrogen and oxygen atoms in total. The van der Waals surface area contributed by atoms with E-state index in [4.69, 9.17) is 5.73 Å². The largest absolute Gasteiger partial charge is 0.399 e. The third-order valence-corrected chi connectivity index (χ3v) is 4.67. The molecule has 106 valence electrons. The van der Waals surface area contributed by atoms with Crippen molar-refractivity contribution in [3.63, 3.8) is 0 Å². The summed E-state index contributed by atoms with van der Waals surface area (Å²) in [6.45, 7) is 7.57. The molecule has 1 aromatic rings. The van der Waals surface area contributed by atoms with Gasteiger partial charge in [-0.05, 0) is 49.0 Å². The monoisotopic (exact) mass is 262 g/mol. The van der Waals surface area contributed by atoms with E-state index in [1.165, 1.54) is 19.3 Å². The minimum Gasteiger partial charge on any atom is -0.399 e. The molecule has 19 heavy (non-hydrogen) atoms. The molecule has 0 saturated carbocycles. The first-order valence-corrected chi connectivity index (χ1v) is 7.28. The molecule has 3 heteroatoms. The Morgan fingerprint density at radius 3 is 2.37 bits per heavy atom. The van der Waals surface area contributed by atoms with E-state index < -0.39 is 6.10 Å². The molecule has 1 saturated heterocycles. The molecule has 0 radical (unpaired) electrons. The molecule has 1 heterocycles. The molecular formula is C16H26N2O. The summed E-state index contributed by atoms with van der Waals surface area (Å²) in [6.07, 6.45) is 3.31. The SMILES string of the molecule is CCC1(C)CCN(CC(O)c2ccc(N)cc2)CC1. The maximum Gasteiger partial charge on any atom is 0.0916 e. The normalized spacial score (nSPS) is 21.2. The molecule has 0 bridgehead atoms. The van der Waals surface area contributed by atoms with E-state index in [9.17, 15) is 5.11 Å². The summed E-state index contributed by atoms with van der Waals surface area (Å²) < 4.78 is 0. The van der Waals surface area contributed by atoms with E-state index in [0.717, 1.165) is 30.9 Å². The first-order chi connectivity index (χ1) is 9.02. The fourth-order valence-electron chi connectivity index (χ4n) is 2.70. The van der Waals surface area contributed by atoms with E-state index in [1.807, 2.05) is 24.3 Å². The molecule has 0 spiro atoms. The molecule has 2 rings (SSSR count). The predicted molar refractivity (Wildman–Crippen MR) is 79.9 cm³/mol. The Balaban J connectivity index is 1.87. The number of benzene rings is 1. The van der Waals surface area contributed by atoms with Crippen molar-refractivity contribution in [3.05, 3.63) is 29.8 Å². The van der Waals surface area contributed by atoms with Crippen molar-refractivity contribution >= 4 is 5.69 Å². The standard InChI is InChI=1S/C16H26N2O/c1-3-16(2)8-10-18(11-9-16)12-15(19)13-4-6-14(17)7-5-13/h4-7,15,19H,3,8-12,17H2,1-2H3. The zero-order valence-corrected chi connectivity index (χ0v) is 12.1. The number of nitrogen functional groups attached to an aromatic ring is 1. The maximum absolute atomic E-state index is 10.3. The minimum atomic E-state index is -0.411. The first-order valence-electron chi connectivity index (χ1n) is 7.28. The van der Waals surface area contributed by atoms with Crippen LogP contribution in [0, 0.1) is 5.41 Å². The van der Waals surface area contributed by atoms with Crippen LogP contribution in [0.15, 0.2) is 24.3 Å². The van der Waals surface area contributed by atoms with Crippen LogP contribution < -0.4 is 5.73 Å². The summed E-state index contributed by atoms with van der Waals surface area (Å²) in [4.78, 5) is 2.37. The van der Waals surface area contributed by atoms with E-state index in [0.29, 0.717) is 5.41 Å². The van der Waals surface area contributed by atoms with Crippen molar-refractivity contribution in [2.75, 3.05) is 25.4 Å². The van der Waals surface area contributed by atoms with Gasteiger partial charge in [-0.25, -0.2) is 0 Å². The van der Waals surface area contributed by atoms with E-state index in [2.05, 4.69) is 18.7 Å². The highest BCUT2D eigenvalue weighted by atomic mass is 16.3. The van der Waals surface area contributed by atoms with Crippen LogP contribution >= 0.6 is 0 Å². The summed E-state index contributed by atoms with van der Waals surface area (Å²) in [6, 6.07) is 7.53. The summed E-state index contributed by atoms with van der Waals surface area (Å²) >= 11 is 0. The summed E-state index contributed by atoms with van der Waals surface area (Å²) in [5.41, 5.74) is 7.87. The van der Waals surface area contributed by atoms with E-state index >= 15 is 0 Å². The second-order valence-corrected chi connectivity index (χ2v) is 6.15. The van der Waals surface area contributed by atoms with Crippen LogP contribution in [0.25, 0.3) is 0 Å². The summed E-state index contributed by atoms with van der Waals surface area (Å²) in [5.74, 6) is 0. The smallest absolute Gasteiger partial charge is 0.0916 e. The van der Waals surface area contributed by atoms with Gasteiger partial charge in [0.15, 0.2) is 0 Å². The highest BCUT2D eigenvalue weighted by Crippen LogP contribution is 2.34. The molecule has 1 unspecified atom stereocenters. The molecule has 1 aliphatic rings. The van der Waals surface area contributed by atoms with E-state index in [-0.39, 0.29) is 0 Å². The van der Waals surface area contributed by atoms with Crippen LogP contribution in [-0.4, -0.2) is 29.6 Å². The lowest BCUT2D eigenvalue weighted by Crippen LogP contribution is -2.40. The number of likely N-dealkylation sites (tertiary alicyclic amines) is 1. The van der Waals surface area contributed by atoms with Crippen molar-refractivity contribution in [2.24, 2.45) is 5.41 Å². The van der Waals surface area contributed by atoms with Gasteiger partial charge in [-0.15, -0.1) is 0 Å². The number of aliphatic hydroxyl groups excluding tert-OH is 1. The molecule has 0 aromatic heterocycles. The molecule has 0 aliphatic carbocycles. The van der Waals surface area contributed by atoms with Gasteiger partial charge in [0, 0.05) is 12.2 Å². The Bertz CT molecular complexity index is 394. The number of piperidine rings is 1. The van der Waals surface area contributed by atoms with Gasteiger partial charge >= 0.3 is 0 Å². The molecule has 1 aromatic carbocycles. The van der Waals surface area contributed by atoms with Gasteiger partial charge in [0.05, 0.1) is 6.10 Å². The number of nitrogens with two attached hydrogens (primary N) is 1. The van der Waals surface area contributed by atoms with Crippen LogP contribution in [0.1, 0.15) is 44.8 Å². The number of β-amino-alcohol motifs (C(OH)–C–C–N with tert-alkyl or cyclic N) is 1. The van der Waals surface area contributed by atoms with Crippen LogP contribution in [0.3, 0.4) is 0 Å². The second kappa shape index (κ2) is 5.93. The molecule has 3 N–H and O–H groups in total. The van der Waals surface area contributed by atoms with Gasteiger partial charge in [-0.3, -0.25) is 0 Å². The van der Waals surface area contributed by atoms with Crippen molar-refractivity contribution in [1.82, 2.24) is 4.90 Å². The topological polar surface area (TPSA) is 49.5 Å². The third-order valence-electron chi connectivity index (χ3n) is 4.67. The van der Waals surface area contributed by atoms with Gasteiger partial charge in [-0.1, -0.05) is 32.4 Å². The zero-order valence-electron chi connectivity index (χ0n) is 12.1. The van der Waals surface area contributed by atoms with Crippen molar-refractivity contribution < 1.29 is 5.11 Å². The van der Waals surface area contributed by atoms with E-state index in [1.54, 1.807) is 0 Å². The average molecular weight is 262 g/mol. The Morgan fingerprint density at radius 1 is 1.26 bits per heavy atom. The van der Waals surface area contributed by atoms with Crippen molar-refractivity contribution in [2.45, 2.75) is 39.2 Å². The van der Waals surface area contributed by atoms with Gasteiger partial charge in [0.2, 0.25) is 0 Å². The van der Waals surface area contributed by atoms with Gasteiger partial charge in [-0.2, -0.15) is 0 Å². The third kappa shape index (κ3) is 3.71. The number of nitrogens with zero attached hydrogens (tertiary/aromatic N) is 1. The van der Waals surface area contributed by atoms with Gasteiger partial charge in [0.25, 0.3) is 0 Å². The number of hydrogen-bond donors (Lipinski definition) is 2. The molecule has 1 atom stereocenters. The highest BCUT2D eigenvalue weighted by molar-refractivity contribution is 5.39. The lowest BCUT2D eigenvalue weighted by Gasteiger charge is -2.39. The minimum absolute atomic E-state index is 0.411. The predicted octanol–water partition coefficient (Wildman–Crippen LogP) is 2.81. The second-order valence-electron chi connectivity index (χ2n) is 6.15. The Labute approximate surface area is 116 Å². The fourth-order valence-corrected chi connectivity index (χ4v) is 2.70. The van der Waals surface area contributed by atoms with Gasteiger partial charge in [0.1, 0.15) is 0 Å². The van der Waals surface area contributed by atoms with Gasteiger partial charge < -0.3 is 15.7 Å². The molecule has 0 amide bonds. The Hall–Kier alpha value is -1.06. The summed E-state index contributed by atoms with van der Waals surface area (Å²) in [5, 5.41) is 10.3. The molecule has 1 fully saturated rings. The number of aliphatic hydroxyl groups is 1. The van der Waals surface area contributed by atoms with Crippen molar-refractivity contribution in [3.8, 4) is 0 Å². The fraction of sp³-hybridized carbons (Fsp3) is 0.625. The zero-order chi connectivity index (χ0) is 13.9. The van der Waals surface area contributed by atoms with Crippen LogP contribution in [0.4, 0.5) is 5.69 Å². The number of rotatable bonds is 4. The Morgan fingerprint density at radius 2 is 1.84 bits per heavy atom. The van der Waals surface area contributed by atoms with Crippen molar-refractivity contribution in [1.29, 1.82) is 0 Å². The first kappa shape index (κ1) is 14.4. The maximum atomic E-state index is 10.3. The lowest BCUT2D eigenvalue weighted by atomic mass is 9.78.